The van der Waals surface area contributed by atoms with Crippen LogP contribution in [0.25, 0.3) is 0 Å². The first kappa shape index (κ1) is 15.4. The van der Waals surface area contributed by atoms with E-state index in [2.05, 4.69) is 18.8 Å². The number of carbonyl (C=O) groups is 1. The number of thiazole rings is 1. The molecule has 2 unspecified atom stereocenters. The lowest BCUT2D eigenvalue weighted by atomic mass is 10.1. The highest BCUT2D eigenvalue weighted by Gasteiger charge is 2.33. The molecule has 2 rings (SSSR count). The van der Waals surface area contributed by atoms with E-state index in [1.165, 1.54) is 11.3 Å². The largest absolute Gasteiger partial charge is 0.334 e. The van der Waals surface area contributed by atoms with E-state index in [4.69, 9.17) is 5.73 Å². The third kappa shape index (κ3) is 3.02. The molecule has 0 aromatic carbocycles. The summed E-state index contributed by atoms with van der Waals surface area (Å²) < 4.78 is 0. The van der Waals surface area contributed by atoms with Crippen molar-refractivity contribution in [1.82, 2.24) is 9.88 Å². The number of nitrogens with zero attached hydrogens (tertiary/aromatic N) is 2. The number of likely N-dealkylation sites (tertiary alicyclic amines) is 1. The van der Waals surface area contributed by atoms with Gasteiger partial charge < -0.3 is 10.6 Å². The van der Waals surface area contributed by atoms with Crippen LogP contribution in [0.5, 0.6) is 0 Å². The minimum Gasteiger partial charge on any atom is -0.334 e. The van der Waals surface area contributed by atoms with Crippen molar-refractivity contribution >= 4 is 29.7 Å². The fourth-order valence-electron chi connectivity index (χ4n) is 2.44. The highest BCUT2D eigenvalue weighted by molar-refractivity contribution is 7.09. The third-order valence-corrected chi connectivity index (χ3v) is 4.17. The van der Waals surface area contributed by atoms with Crippen LogP contribution in [-0.4, -0.2) is 28.4 Å². The van der Waals surface area contributed by atoms with Crippen molar-refractivity contribution in [3.8, 4) is 0 Å². The maximum absolute atomic E-state index is 12.3. The lowest BCUT2D eigenvalue weighted by Crippen LogP contribution is -2.35. The Balaban J connectivity index is 0.00000162. The maximum Gasteiger partial charge on any atom is 0.273 e. The van der Waals surface area contributed by atoms with Crippen LogP contribution in [0.2, 0.25) is 0 Å². The van der Waals surface area contributed by atoms with Gasteiger partial charge in [-0.1, -0.05) is 13.8 Å². The normalized spacial score (nSPS) is 22.9. The van der Waals surface area contributed by atoms with Crippen LogP contribution in [0.4, 0.5) is 0 Å². The van der Waals surface area contributed by atoms with E-state index in [1.807, 2.05) is 10.3 Å². The molecule has 0 radical (unpaired) electrons. The zero-order valence-corrected chi connectivity index (χ0v) is 12.4. The smallest absolute Gasteiger partial charge is 0.273 e. The number of amides is 1. The average Bonchev–Trinajstić information content (AvgIpc) is 2.93. The fraction of sp³-hybridized carbons (Fsp3) is 0.667. The molecule has 2 heterocycles. The molecule has 1 aliphatic rings. The van der Waals surface area contributed by atoms with Crippen molar-refractivity contribution in [1.29, 1.82) is 0 Å². The molecule has 1 saturated heterocycles. The standard InChI is InChI=1S/C12H19N3OS.ClH/c1-3-9-4-8(2)6-15(9)12(16)10-7-17-11(5-13)14-10;/h7-9H,3-6,13H2,1-2H3;1H. The molecule has 1 aromatic heterocycles. The van der Waals surface area contributed by atoms with E-state index in [1.54, 1.807) is 0 Å². The van der Waals surface area contributed by atoms with Crippen LogP contribution in [0.1, 0.15) is 42.2 Å². The SMILES string of the molecule is CCC1CC(C)CN1C(=O)c1csc(CN)n1.Cl. The van der Waals surface area contributed by atoms with Gasteiger partial charge in [-0.05, 0) is 18.8 Å². The summed E-state index contributed by atoms with van der Waals surface area (Å²) in [6.45, 7) is 5.59. The Labute approximate surface area is 118 Å². The Morgan fingerprint density at radius 3 is 2.94 bits per heavy atom. The Morgan fingerprint density at radius 2 is 2.39 bits per heavy atom. The molecule has 0 bridgehead atoms. The van der Waals surface area contributed by atoms with E-state index in [-0.39, 0.29) is 18.3 Å². The van der Waals surface area contributed by atoms with Gasteiger partial charge >= 0.3 is 0 Å². The van der Waals surface area contributed by atoms with Crippen molar-refractivity contribution < 1.29 is 4.79 Å². The molecule has 2 N–H and O–H groups in total. The second kappa shape index (κ2) is 6.50. The number of hydrogen-bond acceptors (Lipinski definition) is 4. The van der Waals surface area contributed by atoms with Crippen LogP contribution in [0, 0.1) is 5.92 Å². The first-order chi connectivity index (χ1) is 8.15. The highest BCUT2D eigenvalue weighted by atomic mass is 35.5. The molecule has 1 fully saturated rings. The van der Waals surface area contributed by atoms with Gasteiger partial charge in [-0.3, -0.25) is 4.79 Å². The first-order valence-electron chi connectivity index (χ1n) is 6.11. The Bertz CT molecular complexity index is 410. The van der Waals surface area contributed by atoms with Gasteiger partial charge in [0.15, 0.2) is 0 Å². The van der Waals surface area contributed by atoms with Gasteiger partial charge in [0.25, 0.3) is 5.91 Å². The summed E-state index contributed by atoms with van der Waals surface area (Å²) in [5.41, 5.74) is 6.07. The van der Waals surface area contributed by atoms with Crippen LogP contribution in [0.15, 0.2) is 5.38 Å². The third-order valence-electron chi connectivity index (χ3n) is 3.30. The molecule has 18 heavy (non-hydrogen) atoms. The number of halogens is 1. The van der Waals surface area contributed by atoms with Gasteiger partial charge in [0.1, 0.15) is 10.7 Å². The molecule has 0 spiro atoms. The zero-order valence-electron chi connectivity index (χ0n) is 10.8. The minimum atomic E-state index is 0. The van der Waals surface area contributed by atoms with Crippen molar-refractivity contribution in [2.75, 3.05) is 6.54 Å². The molecule has 1 aromatic rings. The summed E-state index contributed by atoms with van der Waals surface area (Å²) in [4.78, 5) is 18.6. The summed E-state index contributed by atoms with van der Waals surface area (Å²) in [6.07, 6.45) is 2.13. The number of rotatable bonds is 3. The molecule has 0 aliphatic carbocycles. The predicted octanol–water partition coefficient (Wildman–Crippen LogP) is 2.28. The molecular weight excluding hydrogens is 270 g/mol. The topological polar surface area (TPSA) is 59.2 Å². The van der Waals surface area contributed by atoms with Crippen molar-refractivity contribution in [2.45, 2.75) is 39.3 Å². The molecule has 1 amide bonds. The number of hydrogen-bond donors (Lipinski definition) is 1. The average molecular weight is 290 g/mol. The maximum atomic E-state index is 12.3. The van der Waals surface area contributed by atoms with Crippen LogP contribution < -0.4 is 5.73 Å². The van der Waals surface area contributed by atoms with Gasteiger partial charge in [0.2, 0.25) is 0 Å². The number of carbonyl (C=O) groups excluding carboxylic acids is 1. The Morgan fingerprint density at radius 1 is 1.67 bits per heavy atom. The van der Waals surface area contributed by atoms with E-state index < -0.39 is 0 Å². The summed E-state index contributed by atoms with van der Waals surface area (Å²) in [7, 11) is 0. The van der Waals surface area contributed by atoms with Gasteiger partial charge in [0, 0.05) is 24.5 Å². The molecule has 2 atom stereocenters. The van der Waals surface area contributed by atoms with Gasteiger partial charge in [-0.25, -0.2) is 4.98 Å². The van der Waals surface area contributed by atoms with Gasteiger partial charge in [0.05, 0.1) is 0 Å². The Hall–Kier alpha value is -0.650. The van der Waals surface area contributed by atoms with Crippen molar-refractivity contribution in [3.63, 3.8) is 0 Å². The van der Waals surface area contributed by atoms with E-state index in [9.17, 15) is 4.79 Å². The lowest BCUT2D eigenvalue weighted by molar-refractivity contribution is 0.0725. The fourth-order valence-corrected chi connectivity index (χ4v) is 3.09. The zero-order chi connectivity index (χ0) is 12.4. The summed E-state index contributed by atoms with van der Waals surface area (Å²) >= 11 is 1.46. The molecule has 102 valence electrons. The summed E-state index contributed by atoms with van der Waals surface area (Å²) in [5, 5.41) is 2.65. The van der Waals surface area contributed by atoms with E-state index in [0.29, 0.717) is 24.2 Å². The monoisotopic (exact) mass is 289 g/mol. The van der Waals surface area contributed by atoms with E-state index >= 15 is 0 Å². The second-order valence-electron chi connectivity index (χ2n) is 4.69. The minimum absolute atomic E-state index is 0. The molecule has 6 heteroatoms. The summed E-state index contributed by atoms with van der Waals surface area (Å²) in [6, 6.07) is 0.375. The quantitative estimate of drug-likeness (QED) is 0.929. The van der Waals surface area contributed by atoms with Crippen LogP contribution in [-0.2, 0) is 6.54 Å². The first-order valence-corrected chi connectivity index (χ1v) is 6.99. The van der Waals surface area contributed by atoms with Crippen molar-refractivity contribution in [2.24, 2.45) is 11.7 Å². The Kier molecular flexibility index (Phi) is 5.56. The molecule has 1 aliphatic heterocycles. The molecular formula is C12H20ClN3OS. The van der Waals surface area contributed by atoms with Gasteiger partial charge in [-0.2, -0.15) is 0 Å². The van der Waals surface area contributed by atoms with Crippen LogP contribution in [0.3, 0.4) is 0 Å². The predicted molar refractivity (Wildman–Crippen MR) is 76.1 cm³/mol. The lowest BCUT2D eigenvalue weighted by Gasteiger charge is -2.22. The number of aromatic nitrogens is 1. The molecule has 4 nitrogen and oxygen atoms in total. The number of nitrogens with two attached hydrogens (primary N) is 1. The second-order valence-corrected chi connectivity index (χ2v) is 5.63. The van der Waals surface area contributed by atoms with Gasteiger partial charge in [-0.15, -0.1) is 23.7 Å². The highest BCUT2D eigenvalue weighted by Crippen LogP contribution is 2.26. The summed E-state index contributed by atoms with van der Waals surface area (Å²) in [5.74, 6) is 0.661. The molecule has 0 saturated carbocycles. The van der Waals surface area contributed by atoms with Crippen molar-refractivity contribution in [3.05, 3.63) is 16.1 Å². The van der Waals surface area contributed by atoms with E-state index in [0.717, 1.165) is 24.4 Å². The van der Waals surface area contributed by atoms with Crippen LogP contribution >= 0.6 is 23.7 Å².